The van der Waals surface area contributed by atoms with Crippen molar-refractivity contribution in [3.63, 3.8) is 0 Å². The maximum absolute atomic E-state index is 12.1. The van der Waals surface area contributed by atoms with E-state index >= 15 is 0 Å². The van der Waals surface area contributed by atoms with Crippen LogP contribution in [-0.4, -0.2) is 28.2 Å². The number of H-pyrrole nitrogens is 1. The molecule has 8 heteroatoms. The molecule has 1 aromatic heterocycles. The van der Waals surface area contributed by atoms with Crippen LogP contribution in [-0.2, 0) is 10.2 Å². The SMILES string of the molecule is CCCCC(CC)OC(=O)Nc1ccc(C(N)=Nc2n[nH]c(C(C)(C)C)c2N)cc1. The molecule has 0 aliphatic rings. The minimum atomic E-state index is -0.452. The molecule has 1 unspecified atom stereocenters. The van der Waals surface area contributed by atoms with Crippen LogP contribution in [0.25, 0.3) is 0 Å². The van der Waals surface area contributed by atoms with Crippen LogP contribution < -0.4 is 16.8 Å². The third-order valence-electron chi connectivity index (χ3n) is 4.80. The van der Waals surface area contributed by atoms with Crippen LogP contribution >= 0.6 is 0 Å². The van der Waals surface area contributed by atoms with Crippen LogP contribution in [0.1, 0.15) is 71.6 Å². The largest absolute Gasteiger partial charge is 0.446 e. The van der Waals surface area contributed by atoms with Crippen molar-refractivity contribution in [3.05, 3.63) is 35.5 Å². The monoisotopic (exact) mass is 414 g/mol. The fourth-order valence-electron chi connectivity index (χ4n) is 2.98. The number of rotatable bonds is 8. The molecule has 0 radical (unpaired) electrons. The Kier molecular flexibility index (Phi) is 7.86. The van der Waals surface area contributed by atoms with Gasteiger partial charge in [-0.1, -0.05) is 47.5 Å². The number of nitrogens with zero attached hydrogens (tertiary/aromatic N) is 2. The molecule has 2 aromatic rings. The number of amidine groups is 1. The summed E-state index contributed by atoms with van der Waals surface area (Å²) in [5, 5.41) is 9.85. The van der Waals surface area contributed by atoms with Crippen molar-refractivity contribution in [1.29, 1.82) is 0 Å². The van der Waals surface area contributed by atoms with E-state index in [-0.39, 0.29) is 17.4 Å². The lowest BCUT2D eigenvalue weighted by atomic mass is 9.91. The van der Waals surface area contributed by atoms with Crippen LogP contribution in [0.3, 0.4) is 0 Å². The third-order valence-corrected chi connectivity index (χ3v) is 4.80. The number of amides is 1. The van der Waals surface area contributed by atoms with Crippen molar-refractivity contribution in [2.75, 3.05) is 11.1 Å². The van der Waals surface area contributed by atoms with Gasteiger partial charge in [-0.05, 0) is 37.1 Å². The number of carbonyl (C=O) groups excluding carboxylic acids is 1. The number of ether oxygens (including phenoxy) is 1. The molecule has 0 aliphatic carbocycles. The van der Waals surface area contributed by atoms with Gasteiger partial charge in [0.1, 0.15) is 17.6 Å². The van der Waals surface area contributed by atoms with Crippen molar-refractivity contribution in [2.45, 2.75) is 71.8 Å². The van der Waals surface area contributed by atoms with E-state index in [0.29, 0.717) is 22.8 Å². The van der Waals surface area contributed by atoms with Crippen molar-refractivity contribution < 1.29 is 9.53 Å². The summed E-state index contributed by atoms with van der Waals surface area (Å²) in [5.74, 6) is 0.647. The van der Waals surface area contributed by atoms with Gasteiger partial charge in [-0.2, -0.15) is 5.10 Å². The molecule has 164 valence electrons. The summed E-state index contributed by atoms with van der Waals surface area (Å²) in [6, 6.07) is 7.05. The molecule has 8 nitrogen and oxygen atoms in total. The fraction of sp³-hybridized carbons (Fsp3) is 0.500. The Balaban J connectivity index is 2.04. The van der Waals surface area contributed by atoms with E-state index in [0.717, 1.165) is 31.4 Å². The van der Waals surface area contributed by atoms with E-state index < -0.39 is 6.09 Å². The van der Waals surface area contributed by atoms with E-state index in [4.69, 9.17) is 16.2 Å². The molecule has 0 bridgehead atoms. The number of nitrogens with two attached hydrogens (primary N) is 2. The average molecular weight is 415 g/mol. The Bertz CT molecular complexity index is 865. The van der Waals surface area contributed by atoms with E-state index in [1.807, 2.05) is 27.7 Å². The molecule has 0 saturated carbocycles. The lowest BCUT2D eigenvalue weighted by Gasteiger charge is -2.16. The molecule has 2 rings (SSSR count). The van der Waals surface area contributed by atoms with Gasteiger partial charge in [-0.15, -0.1) is 0 Å². The van der Waals surface area contributed by atoms with Gasteiger partial charge in [-0.3, -0.25) is 10.4 Å². The van der Waals surface area contributed by atoms with Gasteiger partial charge in [-0.25, -0.2) is 9.79 Å². The van der Waals surface area contributed by atoms with E-state index in [2.05, 4.69) is 27.4 Å². The highest BCUT2D eigenvalue weighted by molar-refractivity contribution is 6.00. The Hall–Kier alpha value is -3.03. The lowest BCUT2D eigenvalue weighted by molar-refractivity contribution is 0.101. The number of aromatic amines is 1. The number of benzene rings is 1. The number of unbranched alkanes of at least 4 members (excludes halogenated alkanes) is 1. The van der Waals surface area contributed by atoms with Gasteiger partial charge in [0.05, 0.1) is 5.69 Å². The molecule has 0 fully saturated rings. The first-order valence-corrected chi connectivity index (χ1v) is 10.4. The van der Waals surface area contributed by atoms with Crippen LogP contribution in [0.15, 0.2) is 29.3 Å². The molecule has 0 saturated heterocycles. The number of anilines is 2. The third kappa shape index (κ3) is 6.23. The summed E-state index contributed by atoms with van der Waals surface area (Å²) in [5.41, 5.74) is 14.7. The average Bonchev–Trinajstić information content (AvgIpc) is 3.06. The van der Waals surface area contributed by atoms with Crippen molar-refractivity contribution in [3.8, 4) is 0 Å². The molecule has 1 amide bonds. The van der Waals surface area contributed by atoms with Gasteiger partial charge in [0.2, 0.25) is 0 Å². The van der Waals surface area contributed by atoms with Crippen LogP contribution in [0, 0.1) is 0 Å². The van der Waals surface area contributed by atoms with Crippen LogP contribution in [0.2, 0.25) is 0 Å². The summed E-state index contributed by atoms with van der Waals surface area (Å²) in [4.78, 5) is 16.5. The van der Waals surface area contributed by atoms with Gasteiger partial charge in [0, 0.05) is 16.7 Å². The van der Waals surface area contributed by atoms with Gasteiger partial charge in [0.25, 0.3) is 0 Å². The van der Waals surface area contributed by atoms with Crippen molar-refractivity contribution in [2.24, 2.45) is 10.7 Å². The fourth-order valence-corrected chi connectivity index (χ4v) is 2.98. The van der Waals surface area contributed by atoms with Crippen LogP contribution in [0.5, 0.6) is 0 Å². The quantitative estimate of drug-likeness (QED) is 0.362. The topological polar surface area (TPSA) is 131 Å². The minimum absolute atomic E-state index is 0.0655. The molecule has 1 heterocycles. The summed E-state index contributed by atoms with van der Waals surface area (Å²) < 4.78 is 5.48. The molecule has 30 heavy (non-hydrogen) atoms. The second-order valence-electron chi connectivity index (χ2n) is 8.36. The number of aliphatic imine (C=N–C) groups is 1. The van der Waals surface area contributed by atoms with E-state index in [1.54, 1.807) is 24.3 Å². The highest BCUT2D eigenvalue weighted by Gasteiger charge is 2.22. The normalized spacial score (nSPS) is 13.2. The van der Waals surface area contributed by atoms with Crippen LogP contribution in [0.4, 0.5) is 22.0 Å². The first-order chi connectivity index (χ1) is 14.2. The number of hydrogen-bond donors (Lipinski definition) is 4. The summed E-state index contributed by atoms with van der Waals surface area (Å²) in [7, 11) is 0. The molecule has 0 aliphatic heterocycles. The molecular formula is C22H34N6O2. The van der Waals surface area contributed by atoms with Gasteiger partial charge < -0.3 is 16.2 Å². The zero-order valence-corrected chi connectivity index (χ0v) is 18.6. The lowest BCUT2D eigenvalue weighted by Crippen LogP contribution is -2.22. The highest BCUT2D eigenvalue weighted by Crippen LogP contribution is 2.31. The van der Waals surface area contributed by atoms with Crippen molar-refractivity contribution >= 4 is 29.1 Å². The van der Waals surface area contributed by atoms with Crippen molar-refractivity contribution in [1.82, 2.24) is 10.2 Å². The summed E-state index contributed by atoms with van der Waals surface area (Å²) >= 11 is 0. The number of nitrogens with one attached hydrogen (secondary N) is 2. The predicted molar refractivity (Wildman–Crippen MR) is 122 cm³/mol. The molecular weight excluding hydrogens is 380 g/mol. The standard InChI is InChI=1S/C22H34N6O2/c1-6-8-9-16(7-2)30-21(29)25-15-12-10-14(11-13-15)19(24)26-20-17(23)18(27-28-20)22(3,4)5/h10-13,16H,6-9,23H2,1-5H3,(H,25,29)(H3,24,26,27,28). The van der Waals surface area contributed by atoms with Gasteiger partial charge >= 0.3 is 6.09 Å². The maximum Gasteiger partial charge on any atom is 0.411 e. The first-order valence-electron chi connectivity index (χ1n) is 10.4. The predicted octanol–water partition coefficient (Wildman–Crippen LogP) is 4.84. The smallest absolute Gasteiger partial charge is 0.411 e. The summed E-state index contributed by atoms with van der Waals surface area (Å²) in [6.07, 6.45) is 3.27. The Morgan fingerprint density at radius 3 is 2.47 bits per heavy atom. The highest BCUT2D eigenvalue weighted by atomic mass is 16.6. The molecule has 6 N–H and O–H groups in total. The maximum atomic E-state index is 12.1. The van der Waals surface area contributed by atoms with Gasteiger partial charge in [0.15, 0.2) is 5.82 Å². The number of hydrogen-bond acceptors (Lipinski definition) is 5. The zero-order chi connectivity index (χ0) is 22.3. The Morgan fingerprint density at radius 1 is 1.27 bits per heavy atom. The molecule has 0 spiro atoms. The minimum Gasteiger partial charge on any atom is -0.446 e. The zero-order valence-electron chi connectivity index (χ0n) is 18.6. The number of carbonyl (C=O) groups is 1. The second kappa shape index (κ2) is 10.1. The number of aromatic nitrogens is 2. The summed E-state index contributed by atoms with van der Waals surface area (Å²) in [6.45, 7) is 10.2. The first kappa shape index (κ1) is 23.3. The Morgan fingerprint density at radius 2 is 1.93 bits per heavy atom. The van der Waals surface area contributed by atoms with E-state index in [1.165, 1.54) is 0 Å². The van der Waals surface area contributed by atoms with E-state index in [9.17, 15) is 4.79 Å². The molecule has 1 aromatic carbocycles. The number of nitrogen functional groups attached to an aromatic ring is 1. The Labute approximate surface area is 178 Å². The second-order valence-corrected chi connectivity index (χ2v) is 8.36. The molecule has 1 atom stereocenters.